The van der Waals surface area contributed by atoms with Crippen molar-refractivity contribution in [1.82, 2.24) is 4.98 Å². The van der Waals surface area contributed by atoms with Crippen LogP contribution in [0.15, 0.2) is 121 Å². The number of aryl methyl sites for hydroxylation is 1. The van der Waals surface area contributed by atoms with Crippen LogP contribution >= 0.6 is 0 Å². The van der Waals surface area contributed by atoms with Crippen LogP contribution in [0.3, 0.4) is 0 Å². The normalized spacial score (nSPS) is 11.1. The van der Waals surface area contributed by atoms with Crippen LogP contribution in [0.5, 0.6) is 0 Å². The maximum absolute atomic E-state index is 6.10. The number of anilines is 2. The Bertz CT molecular complexity index is 1820. The highest BCUT2D eigenvalue weighted by molar-refractivity contribution is 6.10. The fourth-order valence-corrected chi connectivity index (χ4v) is 5.21. The molecule has 7 rings (SSSR count). The summed E-state index contributed by atoms with van der Waals surface area (Å²) in [4.78, 5) is 4.58. The first kappa shape index (κ1) is 23.4. The number of hydrogen-bond donors (Lipinski definition) is 2. The van der Waals surface area contributed by atoms with Gasteiger partial charge >= 0.3 is 0 Å². The lowest BCUT2D eigenvalue weighted by atomic mass is 9.98. The average Bonchev–Trinajstić information content (AvgIpc) is 2.96. The molecule has 5 aromatic carbocycles. The summed E-state index contributed by atoms with van der Waals surface area (Å²) in [5.74, 6) is 0. The number of pyridine rings is 2. The molecule has 0 radical (unpaired) electrons. The zero-order valence-electron chi connectivity index (χ0n) is 21.3. The third-order valence-electron chi connectivity index (χ3n) is 6.96. The molecule has 4 nitrogen and oxygen atoms in total. The van der Waals surface area contributed by atoms with Gasteiger partial charge in [-0.25, -0.2) is 4.98 Å². The molecular weight excluding hydrogens is 464 g/mol. The second-order valence-corrected chi connectivity index (χ2v) is 9.41. The van der Waals surface area contributed by atoms with Crippen LogP contribution < -0.4 is 16.0 Å². The van der Waals surface area contributed by atoms with Gasteiger partial charge in [0.05, 0.1) is 21.8 Å². The van der Waals surface area contributed by atoms with E-state index in [2.05, 4.69) is 83.2 Å². The van der Waals surface area contributed by atoms with Gasteiger partial charge in [-0.15, -0.1) is 0 Å². The van der Waals surface area contributed by atoms with Crippen LogP contribution in [0.1, 0.15) is 6.92 Å². The van der Waals surface area contributed by atoms with Crippen LogP contribution in [0.2, 0.25) is 0 Å². The third-order valence-corrected chi connectivity index (χ3v) is 6.96. The van der Waals surface area contributed by atoms with Gasteiger partial charge in [0.15, 0.2) is 0 Å². The molecule has 0 saturated heterocycles. The van der Waals surface area contributed by atoms with E-state index in [1.54, 1.807) is 0 Å². The van der Waals surface area contributed by atoms with E-state index >= 15 is 0 Å². The van der Waals surface area contributed by atoms with Crippen molar-refractivity contribution in [1.29, 1.82) is 0 Å². The van der Waals surface area contributed by atoms with Gasteiger partial charge in [-0.1, -0.05) is 60.7 Å². The summed E-state index contributed by atoms with van der Waals surface area (Å²) in [7, 11) is 0. The van der Waals surface area contributed by atoms with Crippen molar-refractivity contribution in [2.45, 2.75) is 13.5 Å². The van der Waals surface area contributed by atoms with Crippen LogP contribution in [-0.2, 0) is 6.54 Å². The lowest BCUT2D eigenvalue weighted by molar-refractivity contribution is -0.655. The molecule has 0 saturated carbocycles. The molecule has 0 amide bonds. The van der Waals surface area contributed by atoms with Gasteiger partial charge in [-0.3, -0.25) is 0 Å². The lowest BCUT2D eigenvalue weighted by Crippen LogP contribution is -2.36. The molecule has 0 fully saturated rings. The Morgan fingerprint density at radius 2 is 1.16 bits per heavy atom. The molecule has 2 heterocycles. The summed E-state index contributed by atoms with van der Waals surface area (Å²) in [6, 6.07) is 41.3. The number of nitrogen functional groups attached to an aromatic ring is 2. The van der Waals surface area contributed by atoms with Gasteiger partial charge in [-0.2, -0.15) is 4.57 Å². The molecule has 184 valence electrons. The Hall–Kier alpha value is -4.96. The minimum atomic E-state index is 0.775. The molecule has 4 heteroatoms. The Kier molecular flexibility index (Phi) is 6.06. The van der Waals surface area contributed by atoms with Crippen molar-refractivity contribution in [3.05, 3.63) is 121 Å². The number of fused-ring (bicyclic) bond motifs is 5. The molecule has 0 aliphatic rings. The summed E-state index contributed by atoms with van der Waals surface area (Å²) in [6.07, 6.45) is 0. The van der Waals surface area contributed by atoms with Crippen molar-refractivity contribution < 1.29 is 4.57 Å². The maximum atomic E-state index is 6.10. The van der Waals surface area contributed by atoms with Gasteiger partial charge in [0.25, 0.3) is 0 Å². The molecule has 38 heavy (non-hydrogen) atoms. The highest BCUT2D eigenvalue weighted by Gasteiger charge is 2.22. The molecule has 0 bridgehead atoms. The van der Waals surface area contributed by atoms with Gasteiger partial charge in [0.1, 0.15) is 6.54 Å². The standard InChI is InChI=1S/C21H19N3.C13H9N/c1-2-24-20-13-16(23)9-11-18(20)17-10-8-15(22)12-19(17)21(24)14-6-4-3-5-7-14;1-3-7-12-10(5-1)9-11-6-2-4-8-13(11)14-12/h3-13,23H,2,22H2,1H3;1-9H/p+1. The van der Waals surface area contributed by atoms with E-state index in [0.717, 1.165) is 34.5 Å². The Balaban J connectivity index is 0.000000159. The highest BCUT2D eigenvalue weighted by Crippen LogP contribution is 2.33. The lowest BCUT2D eigenvalue weighted by Gasteiger charge is -2.12. The van der Waals surface area contributed by atoms with E-state index in [4.69, 9.17) is 11.5 Å². The molecule has 0 atom stereocenters. The van der Waals surface area contributed by atoms with Crippen LogP contribution in [0.25, 0.3) is 54.7 Å². The predicted octanol–water partition coefficient (Wildman–Crippen LogP) is 7.52. The SMILES string of the molecule is CC[n+]1c(-c2ccccc2)c2cc(N)ccc2c2ccc(N)cc21.c1ccc2nc3ccccc3cc2c1. The first-order valence-corrected chi connectivity index (χ1v) is 12.9. The molecular formula is C34H29N4+. The van der Waals surface area contributed by atoms with E-state index < -0.39 is 0 Å². The van der Waals surface area contributed by atoms with E-state index in [1.807, 2.05) is 54.6 Å². The summed E-state index contributed by atoms with van der Waals surface area (Å²) < 4.78 is 2.32. The Morgan fingerprint density at radius 3 is 1.82 bits per heavy atom. The van der Waals surface area contributed by atoms with Crippen molar-refractivity contribution in [2.24, 2.45) is 0 Å². The van der Waals surface area contributed by atoms with Crippen LogP contribution in [0.4, 0.5) is 11.4 Å². The van der Waals surface area contributed by atoms with E-state index in [9.17, 15) is 0 Å². The monoisotopic (exact) mass is 493 g/mol. The minimum absolute atomic E-state index is 0.775. The summed E-state index contributed by atoms with van der Waals surface area (Å²) >= 11 is 0. The van der Waals surface area contributed by atoms with Gasteiger partial charge < -0.3 is 11.5 Å². The van der Waals surface area contributed by atoms with E-state index in [0.29, 0.717) is 0 Å². The smallest absolute Gasteiger partial charge is 0.220 e. The van der Waals surface area contributed by atoms with Gasteiger partial charge in [0, 0.05) is 39.2 Å². The molecule has 2 aromatic heterocycles. The summed E-state index contributed by atoms with van der Waals surface area (Å²) in [5.41, 5.74) is 19.4. The fourth-order valence-electron chi connectivity index (χ4n) is 5.21. The van der Waals surface area contributed by atoms with Crippen molar-refractivity contribution in [3.8, 4) is 11.3 Å². The Morgan fingerprint density at radius 1 is 0.579 bits per heavy atom. The number of aromatic nitrogens is 2. The summed E-state index contributed by atoms with van der Waals surface area (Å²) in [5, 5.41) is 5.96. The van der Waals surface area contributed by atoms with Crippen molar-refractivity contribution in [3.63, 3.8) is 0 Å². The zero-order valence-corrected chi connectivity index (χ0v) is 21.3. The summed E-state index contributed by atoms with van der Waals surface area (Å²) in [6.45, 7) is 3.02. The average molecular weight is 494 g/mol. The number of para-hydroxylation sites is 2. The number of nitrogens with zero attached hydrogens (tertiary/aromatic N) is 2. The molecule has 0 aliphatic heterocycles. The second kappa shape index (κ2) is 9.83. The topological polar surface area (TPSA) is 68.8 Å². The first-order chi connectivity index (χ1) is 18.6. The first-order valence-electron chi connectivity index (χ1n) is 12.9. The number of rotatable bonds is 2. The predicted molar refractivity (Wildman–Crippen MR) is 161 cm³/mol. The van der Waals surface area contributed by atoms with Crippen LogP contribution in [0, 0.1) is 0 Å². The minimum Gasteiger partial charge on any atom is -0.399 e. The largest absolute Gasteiger partial charge is 0.399 e. The molecule has 0 spiro atoms. The molecule has 0 aliphatic carbocycles. The Labute approximate surface area is 221 Å². The number of benzene rings is 5. The third kappa shape index (κ3) is 4.27. The fraction of sp³-hybridized carbons (Fsp3) is 0.0588. The van der Waals surface area contributed by atoms with Gasteiger partial charge in [-0.05, 0) is 61.5 Å². The quantitative estimate of drug-likeness (QED) is 0.113. The van der Waals surface area contributed by atoms with E-state index in [-0.39, 0.29) is 0 Å². The molecule has 4 N–H and O–H groups in total. The van der Waals surface area contributed by atoms with E-state index in [1.165, 1.54) is 38.2 Å². The molecule has 7 aromatic rings. The number of hydrogen-bond acceptors (Lipinski definition) is 3. The number of nitrogens with two attached hydrogens (primary N) is 2. The van der Waals surface area contributed by atoms with Crippen molar-refractivity contribution >= 4 is 54.9 Å². The highest BCUT2D eigenvalue weighted by atomic mass is 15.0. The van der Waals surface area contributed by atoms with Crippen molar-refractivity contribution in [2.75, 3.05) is 11.5 Å². The van der Waals surface area contributed by atoms with Gasteiger partial charge in [0.2, 0.25) is 11.2 Å². The van der Waals surface area contributed by atoms with Crippen LogP contribution in [-0.4, -0.2) is 4.98 Å². The molecule has 0 unspecified atom stereocenters. The second-order valence-electron chi connectivity index (χ2n) is 9.41. The maximum Gasteiger partial charge on any atom is 0.220 e. The zero-order chi connectivity index (χ0) is 26.1.